The Morgan fingerprint density at radius 3 is 2.27 bits per heavy atom. The third-order valence-corrected chi connectivity index (χ3v) is 4.10. The van der Waals surface area contributed by atoms with Crippen LogP contribution in [-0.4, -0.2) is 21.2 Å². The van der Waals surface area contributed by atoms with E-state index in [4.69, 9.17) is 0 Å². The molecule has 0 spiro atoms. The van der Waals surface area contributed by atoms with Crippen molar-refractivity contribution in [2.45, 2.75) is 57.6 Å². The molecule has 2 atom stereocenters. The van der Waals surface area contributed by atoms with Crippen LogP contribution in [0.4, 0.5) is 0 Å². The summed E-state index contributed by atoms with van der Waals surface area (Å²) < 4.78 is 11.4. The first-order chi connectivity index (χ1) is 7.09. The van der Waals surface area contributed by atoms with Gasteiger partial charge < -0.3 is 9.90 Å². The van der Waals surface area contributed by atoms with Crippen molar-refractivity contribution in [3.8, 4) is 0 Å². The molecule has 0 aliphatic heterocycles. The van der Waals surface area contributed by atoms with Crippen LogP contribution in [0.25, 0.3) is 0 Å². The van der Waals surface area contributed by atoms with Crippen LogP contribution in [0.3, 0.4) is 0 Å². The normalized spacial score (nSPS) is 14.8. The van der Waals surface area contributed by atoms with E-state index in [0.29, 0.717) is 5.75 Å². The van der Waals surface area contributed by atoms with Crippen molar-refractivity contribution in [3.05, 3.63) is 0 Å². The highest BCUT2D eigenvalue weighted by atomic mass is 32.2. The summed E-state index contributed by atoms with van der Waals surface area (Å²) in [5, 5.41) is 9.58. The standard InChI is InChI=1S/C11H22O3S/c1-3-4-5-6-7-8-9-15(14)10(2)11(12)13/h10H,3-9H2,1-2H3,(H,12,13)/p-1. The molecule has 0 saturated carbocycles. The van der Waals surface area contributed by atoms with E-state index >= 15 is 0 Å². The van der Waals surface area contributed by atoms with Gasteiger partial charge in [-0.05, 0) is 13.3 Å². The minimum Gasteiger partial charge on any atom is -0.549 e. The van der Waals surface area contributed by atoms with Gasteiger partial charge in [-0.25, -0.2) is 0 Å². The fourth-order valence-electron chi connectivity index (χ4n) is 1.31. The summed E-state index contributed by atoms with van der Waals surface area (Å²) in [5.41, 5.74) is 0. The van der Waals surface area contributed by atoms with Crippen LogP contribution in [0.1, 0.15) is 52.4 Å². The van der Waals surface area contributed by atoms with Gasteiger partial charge in [0.05, 0.1) is 11.2 Å². The summed E-state index contributed by atoms with van der Waals surface area (Å²) in [6.45, 7) is 3.61. The number of carbonyl (C=O) groups is 1. The second-order valence-electron chi connectivity index (χ2n) is 3.81. The van der Waals surface area contributed by atoms with Crippen molar-refractivity contribution in [2.24, 2.45) is 0 Å². The van der Waals surface area contributed by atoms with Crippen LogP contribution >= 0.6 is 0 Å². The molecule has 0 bridgehead atoms. The summed E-state index contributed by atoms with van der Waals surface area (Å²) in [6.07, 6.45) is 6.75. The molecule has 0 radical (unpaired) electrons. The van der Waals surface area contributed by atoms with Crippen LogP contribution in [0.2, 0.25) is 0 Å². The van der Waals surface area contributed by atoms with Crippen LogP contribution in [-0.2, 0) is 15.6 Å². The van der Waals surface area contributed by atoms with E-state index in [2.05, 4.69) is 6.92 Å². The maximum absolute atomic E-state index is 11.4. The van der Waals surface area contributed by atoms with E-state index < -0.39 is 22.0 Å². The van der Waals surface area contributed by atoms with Gasteiger partial charge in [-0.3, -0.25) is 4.21 Å². The van der Waals surface area contributed by atoms with Crippen molar-refractivity contribution in [1.82, 2.24) is 0 Å². The molecule has 3 nitrogen and oxygen atoms in total. The molecule has 0 aliphatic carbocycles. The van der Waals surface area contributed by atoms with Crippen LogP contribution in [0.5, 0.6) is 0 Å². The Hall–Kier alpha value is -0.380. The number of carboxylic acid groups (broad SMARTS) is 1. The highest BCUT2D eigenvalue weighted by Crippen LogP contribution is 2.06. The van der Waals surface area contributed by atoms with Gasteiger partial charge in [-0.1, -0.05) is 39.0 Å². The molecule has 0 aromatic carbocycles. The number of rotatable bonds is 9. The fourth-order valence-corrected chi connectivity index (χ4v) is 2.37. The zero-order chi connectivity index (χ0) is 11.7. The maximum atomic E-state index is 11.4. The maximum Gasteiger partial charge on any atom is 0.0714 e. The molecule has 4 heteroatoms. The highest BCUT2D eigenvalue weighted by molar-refractivity contribution is 7.86. The number of hydrogen-bond acceptors (Lipinski definition) is 3. The molecule has 0 saturated heterocycles. The van der Waals surface area contributed by atoms with E-state index in [1.807, 2.05) is 0 Å². The lowest BCUT2D eigenvalue weighted by atomic mass is 10.1. The minimum absolute atomic E-state index is 0.487. The van der Waals surface area contributed by atoms with Crippen molar-refractivity contribution >= 4 is 16.8 Å². The lowest BCUT2D eigenvalue weighted by Crippen LogP contribution is -2.37. The molecule has 0 amide bonds. The number of carbonyl (C=O) groups excluding carboxylic acids is 1. The van der Waals surface area contributed by atoms with Gasteiger partial charge in [0.15, 0.2) is 0 Å². The lowest BCUT2D eigenvalue weighted by Gasteiger charge is -2.11. The summed E-state index contributed by atoms with van der Waals surface area (Å²) in [4.78, 5) is 10.4. The van der Waals surface area contributed by atoms with E-state index in [9.17, 15) is 14.1 Å². The molecular weight excluding hydrogens is 212 g/mol. The second-order valence-corrected chi connectivity index (χ2v) is 5.69. The SMILES string of the molecule is CCCCCCCCS(=O)C(C)C(=O)[O-]. The Bertz CT molecular complexity index is 204. The number of hydrogen-bond donors (Lipinski definition) is 0. The highest BCUT2D eigenvalue weighted by Gasteiger charge is 2.10. The molecule has 90 valence electrons. The van der Waals surface area contributed by atoms with E-state index in [1.165, 1.54) is 26.2 Å². The Kier molecular flexibility index (Phi) is 8.67. The van der Waals surface area contributed by atoms with Gasteiger partial charge >= 0.3 is 0 Å². The van der Waals surface area contributed by atoms with Crippen molar-refractivity contribution in [2.75, 3.05) is 5.75 Å². The Balaban J connectivity index is 3.43. The van der Waals surface area contributed by atoms with Crippen molar-refractivity contribution in [3.63, 3.8) is 0 Å². The summed E-state index contributed by atoms with van der Waals surface area (Å²) in [7, 11) is -1.26. The molecule has 0 rings (SSSR count). The van der Waals surface area contributed by atoms with Gasteiger partial charge in [0.25, 0.3) is 0 Å². The van der Waals surface area contributed by atoms with E-state index in [0.717, 1.165) is 19.3 Å². The topological polar surface area (TPSA) is 57.2 Å². The molecule has 2 unspecified atom stereocenters. The van der Waals surface area contributed by atoms with Crippen molar-refractivity contribution in [1.29, 1.82) is 0 Å². The largest absolute Gasteiger partial charge is 0.549 e. The van der Waals surface area contributed by atoms with E-state index in [-0.39, 0.29) is 0 Å². The first kappa shape index (κ1) is 14.6. The predicted molar refractivity (Wildman–Crippen MR) is 60.9 cm³/mol. The first-order valence-electron chi connectivity index (χ1n) is 5.67. The zero-order valence-electron chi connectivity index (χ0n) is 9.66. The van der Waals surface area contributed by atoms with E-state index in [1.54, 1.807) is 0 Å². The molecule has 0 aliphatic rings. The van der Waals surface area contributed by atoms with Crippen molar-refractivity contribution < 1.29 is 14.1 Å². The van der Waals surface area contributed by atoms with Gasteiger partial charge in [0.1, 0.15) is 0 Å². The van der Waals surface area contributed by atoms with Gasteiger partial charge in [-0.15, -0.1) is 0 Å². The molecule has 0 N–H and O–H groups in total. The Labute approximate surface area is 94.7 Å². The molecule has 0 fully saturated rings. The third-order valence-electron chi connectivity index (χ3n) is 2.43. The molecular formula is C11H21O3S-. The average molecular weight is 233 g/mol. The summed E-state index contributed by atoms with van der Waals surface area (Å²) >= 11 is 0. The van der Waals surface area contributed by atoms with Gasteiger partial charge in [0.2, 0.25) is 0 Å². The summed E-state index contributed by atoms with van der Waals surface area (Å²) in [6, 6.07) is 0. The summed E-state index contributed by atoms with van der Waals surface area (Å²) in [5.74, 6) is -0.722. The predicted octanol–water partition coefficient (Wildman–Crippen LogP) is 1.23. The molecule has 15 heavy (non-hydrogen) atoms. The lowest BCUT2D eigenvalue weighted by molar-refractivity contribution is -0.304. The van der Waals surface area contributed by atoms with Crippen LogP contribution < -0.4 is 5.11 Å². The first-order valence-corrected chi connectivity index (χ1v) is 7.05. The Morgan fingerprint density at radius 2 is 1.73 bits per heavy atom. The second kappa shape index (κ2) is 8.89. The quantitative estimate of drug-likeness (QED) is 0.563. The molecule has 0 aromatic heterocycles. The minimum atomic E-state index is -1.26. The number of aliphatic carboxylic acids is 1. The van der Waals surface area contributed by atoms with Gasteiger partial charge in [0, 0.05) is 16.6 Å². The Morgan fingerprint density at radius 1 is 1.20 bits per heavy atom. The number of unbranched alkanes of at least 4 members (excludes halogenated alkanes) is 5. The average Bonchev–Trinajstić information content (AvgIpc) is 2.21. The van der Waals surface area contributed by atoms with Crippen LogP contribution in [0, 0.1) is 0 Å². The molecule has 0 heterocycles. The smallest absolute Gasteiger partial charge is 0.0714 e. The fraction of sp³-hybridized carbons (Fsp3) is 0.909. The van der Waals surface area contributed by atoms with Crippen LogP contribution in [0.15, 0.2) is 0 Å². The zero-order valence-corrected chi connectivity index (χ0v) is 10.5. The third kappa shape index (κ3) is 7.54. The molecule has 0 aromatic rings. The van der Waals surface area contributed by atoms with Gasteiger partial charge in [-0.2, -0.15) is 0 Å². The number of carboxylic acids is 1. The monoisotopic (exact) mass is 233 g/mol.